The first-order chi connectivity index (χ1) is 8.31. The molecule has 0 saturated carbocycles. The summed E-state index contributed by atoms with van der Waals surface area (Å²) in [7, 11) is 0. The van der Waals surface area contributed by atoms with Crippen LogP contribution in [0.2, 0.25) is 0 Å². The number of aryl methyl sites for hydroxylation is 1. The van der Waals surface area contributed by atoms with E-state index in [2.05, 4.69) is 63.8 Å². The fraction of sp³-hybridized carbons (Fsp3) is 0.647. The fourth-order valence-electron chi connectivity index (χ4n) is 2.92. The lowest BCUT2D eigenvalue weighted by Gasteiger charge is -2.45. The monoisotopic (exact) mass is 245 g/mol. The van der Waals surface area contributed by atoms with Crippen molar-refractivity contribution < 1.29 is 0 Å². The van der Waals surface area contributed by atoms with E-state index in [4.69, 9.17) is 0 Å². The van der Waals surface area contributed by atoms with E-state index < -0.39 is 0 Å². The number of benzene rings is 1. The largest absolute Gasteiger partial charge is 0.298 e. The van der Waals surface area contributed by atoms with E-state index in [9.17, 15) is 0 Å². The van der Waals surface area contributed by atoms with Crippen LogP contribution in [0.3, 0.4) is 0 Å². The quantitative estimate of drug-likeness (QED) is 0.718. The van der Waals surface area contributed by atoms with Crippen LogP contribution < -0.4 is 0 Å². The molecule has 0 spiro atoms. The predicted molar refractivity (Wildman–Crippen MR) is 79.1 cm³/mol. The highest BCUT2D eigenvalue weighted by molar-refractivity contribution is 5.28. The van der Waals surface area contributed by atoms with Gasteiger partial charge < -0.3 is 0 Å². The highest BCUT2D eigenvalue weighted by Gasteiger charge is 2.34. The summed E-state index contributed by atoms with van der Waals surface area (Å²) in [6.07, 6.45) is 2.54. The molecule has 100 valence electrons. The van der Waals surface area contributed by atoms with Crippen molar-refractivity contribution in [3.05, 3.63) is 35.4 Å². The third-order valence-electron chi connectivity index (χ3n) is 4.56. The van der Waals surface area contributed by atoms with Gasteiger partial charge in [-0.2, -0.15) is 0 Å². The number of piperidine rings is 1. The lowest BCUT2D eigenvalue weighted by Crippen LogP contribution is -2.49. The average Bonchev–Trinajstić information content (AvgIpc) is 2.29. The summed E-state index contributed by atoms with van der Waals surface area (Å²) < 4.78 is 0. The molecule has 1 aromatic rings. The summed E-state index contributed by atoms with van der Waals surface area (Å²) in [4.78, 5) is 2.61. The van der Waals surface area contributed by atoms with Crippen molar-refractivity contribution in [3.8, 4) is 0 Å². The number of likely N-dealkylation sites (tertiary alicyclic amines) is 1. The molecular formula is C17H27N. The van der Waals surface area contributed by atoms with Crippen molar-refractivity contribution in [1.82, 2.24) is 4.90 Å². The van der Waals surface area contributed by atoms with Crippen LogP contribution in [0.4, 0.5) is 0 Å². The highest BCUT2D eigenvalue weighted by Crippen LogP contribution is 2.36. The van der Waals surface area contributed by atoms with Crippen molar-refractivity contribution in [3.63, 3.8) is 0 Å². The zero-order chi connectivity index (χ0) is 13.4. The Morgan fingerprint density at radius 3 is 1.94 bits per heavy atom. The van der Waals surface area contributed by atoms with E-state index in [0.29, 0.717) is 11.0 Å². The molecule has 18 heavy (non-hydrogen) atoms. The Kier molecular flexibility index (Phi) is 3.55. The van der Waals surface area contributed by atoms with Crippen LogP contribution in [0.15, 0.2) is 24.3 Å². The summed E-state index contributed by atoms with van der Waals surface area (Å²) in [5.41, 5.74) is 3.56. The highest BCUT2D eigenvalue weighted by atomic mass is 15.2. The second-order valence-corrected chi connectivity index (χ2v) is 7.08. The second-order valence-electron chi connectivity index (χ2n) is 7.08. The molecule has 0 atom stereocenters. The van der Waals surface area contributed by atoms with E-state index in [1.165, 1.54) is 37.1 Å². The summed E-state index contributed by atoms with van der Waals surface area (Å²) in [5.74, 6) is 0. The van der Waals surface area contributed by atoms with Gasteiger partial charge in [0.2, 0.25) is 0 Å². The molecule has 1 heteroatoms. The first-order valence-electron chi connectivity index (χ1n) is 7.13. The minimum absolute atomic E-state index is 0.314. The van der Waals surface area contributed by atoms with Crippen LogP contribution >= 0.6 is 0 Å². The first kappa shape index (κ1) is 13.6. The molecule has 0 bridgehead atoms. The van der Waals surface area contributed by atoms with Crippen LogP contribution in [0.5, 0.6) is 0 Å². The summed E-state index contributed by atoms with van der Waals surface area (Å²) >= 11 is 0. The zero-order valence-electron chi connectivity index (χ0n) is 12.6. The maximum Gasteiger partial charge on any atom is 0.0125 e. The number of nitrogens with zero attached hydrogens (tertiary/aromatic N) is 1. The Morgan fingerprint density at radius 1 is 1.00 bits per heavy atom. The molecule has 1 aromatic carbocycles. The maximum atomic E-state index is 2.61. The van der Waals surface area contributed by atoms with Gasteiger partial charge in [-0.25, -0.2) is 0 Å². The molecule has 2 rings (SSSR count). The average molecular weight is 245 g/mol. The minimum Gasteiger partial charge on any atom is -0.298 e. The smallest absolute Gasteiger partial charge is 0.0125 e. The van der Waals surface area contributed by atoms with Crippen LogP contribution in [-0.2, 0) is 5.41 Å². The molecule has 1 aliphatic heterocycles. The summed E-state index contributed by atoms with van der Waals surface area (Å²) in [5, 5.41) is 0. The Hall–Kier alpha value is -0.820. The SMILES string of the molecule is Cc1ccc(C2(C)CCN(C(C)(C)C)CC2)cc1. The van der Waals surface area contributed by atoms with Crippen LogP contribution in [-0.4, -0.2) is 23.5 Å². The van der Waals surface area contributed by atoms with Gasteiger partial charge in [0.15, 0.2) is 0 Å². The van der Waals surface area contributed by atoms with Crippen molar-refractivity contribution in [1.29, 1.82) is 0 Å². The van der Waals surface area contributed by atoms with Crippen LogP contribution in [0, 0.1) is 6.92 Å². The maximum absolute atomic E-state index is 2.61. The van der Waals surface area contributed by atoms with Crippen LogP contribution in [0.1, 0.15) is 51.7 Å². The van der Waals surface area contributed by atoms with Gasteiger partial charge in [0.25, 0.3) is 0 Å². The molecule has 0 amide bonds. The first-order valence-corrected chi connectivity index (χ1v) is 7.13. The van der Waals surface area contributed by atoms with Crippen molar-refractivity contribution >= 4 is 0 Å². The Morgan fingerprint density at radius 2 is 1.50 bits per heavy atom. The van der Waals surface area contributed by atoms with Gasteiger partial charge >= 0.3 is 0 Å². The third-order valence-corrected chi connectivity index (χ3v) is 4.56. The van der Waals surface area contributed by atoms with E-state index in [0.717, 1.165) is 0 Å². The van der Waals surface area contributed by atoms with Gasteiger partial charge in [-0.3, -0.25) is 4.90 Å². The number of rotatable bonds is 1. The molecule has 1 saturated heterocycles. The molecule has 0 unspecified atom stereocenters. The number of hydrogen-bond acceptors (Lipinski definition) is 1. The van der Waals surface area contributed by atoms with Gasteiger partial charge in [-0.1, -0.05) is 36.8 Å². The molecule has 0 radical (unpaired) electrons. The van der Waals surface area contributed by atoms with Crippen LogP contribution in [0.25, 0.3) is 0 Å². The Labute approximate surface area is 112 Å². The fourth-order valence-corrected chi connectivity index (χ4v) is 2.92. The van der Waals surface area contributed by atoms with E-state index in [1.54, 1.807) is 0 Å². The normalized spacial score (nSPS) is 20.9. The van der Waals surface area contributed by atoms with E-state index in [-0.39, 0.29) is 0 Å². The van der Waals surface area contributed by atoms with Gasteiger partial charge in [0, 0.05) is 5.54 Å². The predicted octanol–water partition coefficient (Wildman–Crippen LogP) is 4.15. The lowest BCUT2D eigenvalue weighted by molar-refractivity contribution is 0.0794. The van der Waals surface area contributed by atoms with E-state index in [1.807, 2.05) is 0 Å². The summed E-state index contributed by atoms with van der Waals surface area (Å²) in [6.45, 7) is 14.0. The van der Waals surface area contributed by atoms with Gasteiger partial charge in [-0.15, -0.1) is 0 Å². The van der Waals surface area contributed by atoms with E-state index >= 15 is 0 Å². The van der Waals surface area contributed by atoms with Gasteiger partial charge in [-0.05, 0) is 64.6 Å². The molecule has 0 aliphatic carbocycles. The van der Waals surface area contributed by atoms with Gasteiger partial charge in [0.1, 0.15) is 0 Å². The van der Waals surface area contributed by atoms with Crippen molar-refractivity contribution in [2.75, 3.05) is 13.1 Å². The molecule has 0 N–H and O–H groups in total. The molecule has 1 aliphatic rings. The van der Waals surface area contributed by atoms with Crippen molar-refractivity contribution in [2.24, 2.45) is 0 Å². The molecule has 1 nitrogen and oxygen atoms in total. The Balaban J connectivity index is 2.10. The molecule has 1 heterocycles. The third kappa shape index (κ3) is 2.77. The zero-order valence-corrected chi connectivity index (χ0v) is 12.6. The standard InChI is InChI=1S/C17H27N/c1-14-6-8-15(9-7-14)17(5)10-12-18(13-11-17)16(2,3)4/h6-9H,10-13H2,1-5H3. The number of hydrogen-bond donors (Lipinski definition) is 0. The molecular weight excluding hydrogens is 218 g/mol. The van der Waals surface area contributed by atoms with Gasteiger partial charge in [0.05, 0.1) is 0 Å². The summed E-state index contributed by atoms with van der Waals surface area (Å²) in [6, 6.07) is 9.14. The minimum atomic E-state index is 0.314. The lowest BCUT2D eigenvalue weighted by atomic mass is 9.74. The Bertz CT molecular complexity index is 389. The topological polar surface area (TPSA) is 3.24 Å². The molecule has 0 aromatic heterocycles. The second kappa shape index (κ2) is 4.70. The van der Waals surface area contributed by atoms with Crippen molar-refractivity contribution in [2.45, 2.75) is 58.4 Å². The molecule has 1 fully saturated rings.